The predicted molar refractivity (Wildman–Crippen MR) is 90.4 cm³/mol. The zero-order chi connectivity index (χ0) is 15.8. The number of nitrogens with one attached hydrogen (secondary N) is 3. The Kier molecular flexibility index (Phi) is 3.15. The van der Waals surface area contributed by atoms with Crippen LogP contribution in [0.2, 0.25) is 0 Å². The van der Waals surface area contributed by atoms with E-state index in [1.165, 1.54) is 6.07 Å². The Morgan fingerprint density at radius 2 is 2.04 bits per heavy atom. The number of nitrogens with two attached hydrogens (primary N) is 1. The Balaban J connectivity index is 1.83. The summed E-state index contributed by atoms with van der Waals surface area (Å²) in [6.07, 6.45) is 2.82. The first-order valence-corrected chi connectivity index (χ1v) is 7.59. The van der Waals surface area contributed by atoms with E-state index in [0.29, 0.717) is 11.4 Å². The summed E-state index contributed by atoms with van der Waals surface area (Å²) >= 11 is 0. The van der Waals surface area contributed by atoms with Crippen LogP contribution < -0.4 is 16.7 Å². The number of hydrogen-bond donors (Lipinski definition) is 4. The number of H-pyrrole nitrogens is 1. The normalized spacial score (nSPS) is 15.7. The molecule has 3 aromatic rings. The number of aromatic amines is 1. The van der Waals surface area contributed by atoms with Gasteiger partial charge in [-0.2, -0.15) is 5.10 Å². The summed E-state index contributed by atoms with van der Waals surface area (Å²) in [5.41, 5.74) is 14.4. The summed E-state index contributed by atoms with van der Waals surface area (Å²) in [5.74, 6) is 0. The molecule has 0 radical (unpaired) electrons. The molecular weight excluding hydrogens is 290 g/mol. The van der Waals surface area contributed by atoms with E-state index in [1.807, 2.05) is 30.3 Å². The first-order valence-electron chi connectivity index (χ1n) is 7.59. The molecule has 6 nitrogen and oxygen atoms in total. The Hall–Kier alpha value is -3.02. The highest BCUT2D eigenvalue weighted by Gasteiger charge is 2.23. The van der Waals surface area contributed by atoms with Gasteiger partial charge in [-0.3, -0.25) is 10.8 Å². The average Bonchev–Trinajstić information content (AvgIpc) is 2.92. The van der Waals surface area contributed by atoms with Crippen LogP contribution in [0, 0.1) is 5.41 Å². The molecule has 1 aromatic carbocycles. The van der Waals surface area contributed by atoms with Gasteiger partial charge in [0, 0.05) is 17.3 Å². The van der Waals surface area contributed by atoms with Gasteiger partial charge in [-0.05, 0) is 31.4 Å². The van der Waals surface area contributed by atoms with E-state index in [9.17, 15) is 0 Å². The smallest absolute Gasteiger partial charge is 0.215 e. The molecule has 0 unspecified atom stereocenters. The molecule has 0 fully saturated rings. The molecule has 0 amide bonds. The molecule has 0 saturated heterocycles. The van der Waals surface area contributed by atoms with Gasteiger partial charge in [-0.1, -0.05) is 18.2 Å². The average molecular weight is 307 g/mol. The van der Waals surface area contributed by atoms with E-state index in [2.05, 4.69) is 15.5 Å². The number of benzene rings is 1. The number of hydrazone groups is 1. The number of nitrogen functional groups attached to an aromatic ring is 1. The van der Waals surface area contributed by atoms with Crippen LogP contribution in [0.1, 0.15) is 24.1 Å². The number of para-hydroxylation sites is 1. The monoisotopic (exact) mass is 307 g/mol. The third-order valence-corrected chi connectivity index (χ3v) is 4.05. The summed E-state index contributed by atoms with van der Waals surface area (Å²) in [7, 11) is 0. The molecular formula is C17H17N5O. The topological polar surface area (TPSA) is 103 Å². The van der Waals surface area contributed by atoms with Gasteiger partial charge in [-0.15, -0.1) is 0 Å². The largest absolute Gasteiger partial charge is 0.423 e. The number of aryl methyl sites for hydroxylation is 1. The lowest BCUT2D eigenvalue weighted by Crippen LogP contribution is -2.13. The van der Waals surface area contributed by atoms with Gasteiger partial charge in [0.15, 0.2) is 0 Å². The lowest BCUT2D eigenvalue weighted by molar-refractivity contribution is 0.524. The molecule has 116 valence electrons. The first-order chi connectivity index (χ1) is 11.2. The van der Waals surface area contributed by atoms with Crippen molar-refractivity contribution in [3.05, 3.63) is 53.2 Å². The van der Waals surface area contributed by atoms with Crippen molar-refractivity contribution in [2.24, 2.45) is 5.10 Å². The van der Waals surface area contributed by atoms with Crippen LogP contribution in [0.5, 0.6) is 0 Å². The molecule has 4 rings (SSSR count). The van der Waals surface area contributed by atoms with Crippen molar-refractivity contribution in [3.8, 4) is 0 Å². The van der Waals surface area contributed by atoms with Crippen molar-refractivity contribution in [3.63, 3.8) is 0 Å². The number of aromatic nitrogens is 1. The van der Waals surface area contributed by atoms with Crippen LogP contribution >= 0.6 is 0 Å². The van der Waals surface area contributed by atoms with Crippen molar-refractivity contribution in [1.82, 2.24) is 4.98 Å². The summed E-state index contributed by atoms with van der Waals surface area (Å²) in [6.45, 7) is 0. The Morgan fingerprint density at radius 1 is 1.22 bits per heavy atom. The zero-order valence-corrected chi connectivity index (χ0v) is 12.5. The number of fused-ring (bicyclic) bond motifs is 3. The van der Waals surface area contributed by atoms with Gasteiger partial charge in [0.2, 0.25) is 11.3 Å². The maximum absolute atomic E-state index is 7.66. The van der Waals surface area contributed by atoms with Crippen molar-refractivity contribution < 1.29 is 4.42 Å². The summed E-state index contributed by atoms with van der Waals surface area (Å²) < 4.78 is 5.46. The Morgan fingerprint density at radius 3 is 2.87 bits per heavy atom. The Bertz CT molecular complexity index is 952. The van der Waals surface area contributed by atoms with E-state index in [-0.39, 0.29) is 5.55 Å². The Labute approximate surface area is 132 Å². The summed E-state index contributed by atoms with van der Waals surface area (Å²) in [6, 6.07) is 11.4. The van der Waals surface area contributed by atoms with Crippen LogP contribution in [-0.4, -0.2) is 10.7 Å². The molecule has 0 bridgehead atoms. The highest BCUT2D eigenvalue weighted by molar-refractivity contribution is 6.14. The van der Waals surface area contributed by atoms with Crippen LogP contribution in [0.25, 0.3) is 11.1 Å². The molecule has 2 aromatic heterocycles. The minimum Gasteiger partial charge on any atom is -0.423 e. The van der Waals surface area contributed by atoms with Gasteiger partial charge in [0.1, 0.15) is 0 Å². The fourth-order valence-electron chi connectivity index (χ4n) is 3.05. The van der Waals surface area contributed by atoms with Crippen molar-refractivity contribution in [2.45, 2.75) is 19.3 Å². The highest BCUT2D eigenvalue weighted by atomic mass is 16.3. The number of anilines is 2. The summed E-state index contributed by atoms with van der Waals surface area (Å²) in [5, 5.41) is 13.1. The number of nitrogens with zero attached hydrogens (tertiary/aromatic N) is 1. The van der Waals surface area contributed by atoms with Crippen LogP contribution in [-0.2, 0) is 6.42 Å². The molecule has 0 saturated carbocycles. The van der Waals surface area contributed by atoms with Crippen molar-refractivity contribution in [2.75, 3.05) is 11.2 Å². The third-order valence-electron chi connectivity index (χ3n) is 4.05. The molecule has 2 heterocycles. The van der Waals surface area contributed by atoms with Gasteiger partial charge >= 0.3 is 0 Å². The molecule has 0 atom stereocenters. The second kappa shape index (κ2) is 5.31. The second-order valence-corrected chi connectivity index (χ2v) is 5.64. The van der Waals surface area contributed by atoms with Gasteiger partial charge < -0.3 is 15.1 Å². The number of hydrogen-bond acceptors (Lipinski definition) is 5. The van der Waals surface area contributed by atoms with Gasteiger partial charge in [-0.25, -0.2) is 0 Å². The van der Waals surface area contributed by atoms with Crippen LogP contribution in [0.4, 0.5) is 11.4 Å². The quantitative estimate of drug-likeness (QED) is 0.547. The zero-order valence-electron chi connectivity index (χ0n) is 12.5. The van der Waals surface area contributed by atoms with E-state index in [4.69, 9.17) is 15.6 Å². The minimum absolute atomic E-state index is 0.0505. The van der Waals surface area contributed by atoms with E-state index < -0.39 is 0 Å². The maximum Gasteiger partial charge on any atom is 0.215 e. The fraction of sp³-hybridized carbons (Fsp3) is 0.176. The van der Waals surface area contributed by atoms with Gasteiger partial charge in [0.05, 0.1) is 22.5 Å². The maximum atomic E-state index is 7.66. The molecule has 6 heteroatoms. The molecule has 5 N–H and O–H groups in total. The number of rotatable bonds is 2. The van der Waals surface area contributed by atoms with E-state index >= 15 is 0 Å². The van der Waals surface area contributed by atoms with E-state index in [1.54, 1.807) is 0 Å². The molecule has 0 spiro atoms. The van der Waals surface area contributed by atoms with Crippen LogP contribution in [0.3, 0.4) is 0 Å². The van der Waals surface area contributed by atoms with Crippen molar-refractivity contribution >= 4 is 28.2 Å². The molecule has 23 heavy (non-hydrogen) atoms. The second-order valence-electron chi connectivity index (χ2n) is 5.64. The SMILES string of the molecule is N=c1cc(N)c2c3c([nH]c2o1)CCC/C3=N\Nc1ccccc1. The lowest BCUT2D eigenvalue weighted by atomic mass is 9.93. The highest BCUT2D eigenvalue weighted by Crippen LogP contribution is 2.32. The van der Waals surface area contributed by atoms with E-state index in [0.717, 1.165) is 47.3 Å². The molecule has 0 aliphatic heterocycles. The first kappa shape index (κ1) is 13.6. The summed E-state index contributed by atoms with van der Waals surface area (Å²) in [4.78, 5) is 3.25. The third kappa shape index (κ3) is 2.38. The molecule has 1 aliphatic rings. The fourth-order valence-corrected chi connectivity index (χ4v) is 3.05. The standard InChI is InChI=1S/C17H17N5O/c18-11-9-14(19)23-17-15(11)16-12(20-17)7-4-8-13(16)22-21-10-5-2-1-3-6-10/h1-3,5-6,9,19-21H,4,7-8,18H2/b19-14?,22-13+. The van der Waals surface area contributed by atoms with Crippen LogP contribution in [0.15, 0.2) is 45.9 Å². The van der Waals surface area contributed by atoms with Crippen molar-refractivity contribution in [1.29, 1.82) is 5.41 Å². The van der Waals surface area contributed by atoms with Gasteiger partial charge in [0.25, 0.3) is 0 Å². The lowest BCUT2D eigenvalue weighted by Gasteiger charge is -2.15. The minimum atomic E-state index is 0.0505. The molecule has 1 aliphatic carbocycles. The predicted octanol–water partition coefficient (Wildman–Crippen LogP) is 2.98.